The van der Waals surface area contributed by atoms with Gasteiger partial charge in [0, 0.05) is 43.2 Å². The second-order valence-corrected chi connectivity index (χ2v) is 15.7. The van der Waals surface area contributed by atoms with Crippen LogP contribution in [0.2, 0.25) is 0 Å². The number of hydrogen-bond acceptors (Lipinski definition) is 10. The number of amidine groups is 1. The minimum Gasteiger partial charge on any atom is -0.495 e. The summed E-state index contributed by atoms with van der Waals surface area (Å²) in [5.74, 6) is 4.09. The Labute approximate surface area is 411 Å². The van der Waals surface area contributed by atoms with Crippen molar-refractivity contribution in [2.45, 2.75) is 72.4 Å². The van der Waals surface area contributed by atoms with Crippen molar-refractivity contribution in [1.82, 2.24) is 24.0 Å². The Bertz CT molecular complexity index is 2800. The summed E-state index contributed by atoms with van der Waals surface area (Å²) < 4.78 is 40.9. The van der Waals surface area contributed by atoms with E-state index in [1.807, 2.05) is 90.0 Å². The molecular formula is C56H62F2N8O4. The molecule has 5 heterocycles. The summed E-state index contributed by atoms with van der Waals surface area (Å²) in [5.41, 5.74) is 8.16. The number of terminal acetylenes is 2. The van der Waals surface area contributed by atoms with E-state index >= 15 is 0 Å². The smallest absolute Gasteiger partial charge is 0.237 e. The number of allylic oxidation sites excluding steroid dienone is 1. The first kappa shape index (κ1) is 54.4. The molecule has 1 fully saturated rings. The molecule has 364 valence electrons. The summed E-state index contributed by atoms with van der Waals surface area (Å²) in [6, 6.07) is 25.0. The number of halogens is 2. The number of nitrogens with zero attached hydrogens (tertiary/aromatic N) is 8. The van der Waals surface area contributed by atoms with Crippen LogP contribution in [0.4, 0.5) is 8.78 Å². The maximum atomic E-state index is 13.5. The number of aliphatic imine (C=N–C) groups is 1. The van der Waals surface area contributed by atoms with Crippen LogP contribution in [0.1, 0.15) is 86.5 Å². The molecular weight excluding hydrogens is 887 g/mol. The second-order valence-electron chi connectivity index (χ2n) is 15.7. The van der Waals surface area contributed by atoms with Crippen molar-refractivity contribution in [3.63, 3.8) is 0 Å². The van der Waals surface area contributed by atoms with E-state index in [1.54, 1.807) is 64.1 Å². The lowest BCUT2D eigenvalue weighted by molar-refractivity contribution is -0.125. The molecule has 1 N–H and O–H groups in total. The number of methoxy groups -OCH3 is 2. The lowest BCUT2D eigenvalue weighted by Gasteiger charge is -2.40. The number of ether oxygens (including phenoxy) is 2. The number of benzene rings is 4. The monoisotopic (exact) mass is 948 g/mol. The van der Waals surface area contributed by atoms with Crippen LogP contribution in [0.25, 0.3) is 23.5 Å². The fraction of sp³-hybridized carbons (Fsp3) is 0.268. The third-order valence-electron chi connectivity index (χ3n) is 11.0. The van der Waals surface area contributed by atoms with Gasteiger partial charge in [-0.05, 0) is 130 Å². The highest BCUT2D eigenvalue weighted by Gasteiger charge is 2.48. The Morgan fingerprint density at radius 1 is 0.771 bits per heavy atom. The molecule has 1 unspecified atom stereocenters. The topological polar surface area (TPSA) is 124 Å². The molecule has 4 aromatic carbocycles. The molecule has 3 aliphatic rings. The molecule has 0 spiro atoms. The van der Waals surface area contributed by atoms with Gasteiger partial charge >= 0.3 is 0 Å². The van der Waals surface area contributed by atoms with E-state index in [0.29, 0.717) is 0 Å². The van der Waals surface area contributed by atoms with Crippen LogP contribution in [0.15, 0.2) is 137 Å². The number of hydrogen-bond donors (Lipinski definition) is 1. The van der Waals surface area contributed by atoms with Gasteiger partial charge in [0.1, 0.15) is 23.1 Å². The van der Waals surface area contributed by atoms with Gasteiger partial charge in [-0.3, -0.25) is 4.99 Å². The van der Waals surface area contributed by atoms with E-state index in [2.05, 4.69) is 55.4 Å². The van der Waals surface area contributed by atoms with Crippen molar-refractivity contribution < 1.29 is 28.3 Å². The summed E-state index contributed by atoms with van der Waals surface area (Å²) in [4.78, 5) is 21.1. The largest absolute Gasteiger partial charge is 0.495 e. The van der Waals surface area contributed by atoms with Gasteiger partial charge in [0.25, 0.3) is 0 Å². The standard InChI is InChI=1S/C25H25FN4O2.C14H15N3O2.C11H12FN.C3H4.C2H2.CH4/c1-18-16-29(17-27-18)22-11-5-19(15-23(22)31-2)6-12-24-28-32-25(13-3-4-14-30(24)25)20-7-9-21(26)10-8-20;1-11-9-17(10-15-11)13-6-5-12(4-3-7-16-18)8-14(13)19-2;12-10-6-4-9(5-7-10)11-3-1-2-8-13-11;1-3-2;1-2;/h5-12,15-17H,3-4,13-14H2,1-2H3;3-10,18H,1-2H3;4-7H,1-3,8H2;1H,2H3;1-2H;1H4/b12-6+;4-3+,16-7+;;;;. The van der Waals surface area contributed by atoms with E-state index < -0.39 is 5.72 Å². The lowest BCUT2D eigenvalue weighted by atomic mass is 9.91. The Balaban J connectivity index is 0.000000238. The highest BCUT2D eigenvalue weighted by molar-refractivity contribution is 6.01. The van der Waals surface area contributed by atoms with Crippen LogP contribution < -0.4 is 9.47 Å². The fourth-order valence-electron chi connectivity index (χ4n) is 7.77. The van der Waals surface area contributed by atoms with Crippen LogP contribution in [0.3, 0.4) is 0 Å². The van der Waals surface area contributed by atoms with Crippen LogP contribution in [0, 0.1) is 50.7 Å². The number of oxime groups is 2. The highest BCUT2D eigenvalue weighted by Crippen LogP contribution is 2.43. The van der Waals surface area contributed by atoms with E-state index in [0.717, 1.165) is 107 Å². The first-order valence-electron chi connectivity index (χ1n) is 22.3. The first-order valence-corrected chi connectivity index (χ1v) is 22.3. The van der Waals surface area contributed by atoms with Gasteiger partial charge in [0.05, 0.1) is 55.9 Å². The van der Waals surface area contributed by atoms with E-state index in [9.17, 15) is 8.78 Å². The van der Waals surface area contributed by atoms with E-state index in [-0.39, 0.29) is 19.1 Å². The molecule has 9 rings (SSSR count). The molecule has 0 aliphatic carbocycles. The van der Waals surface area contributed by atoms with Gasteiger partial charge in [-0.2, -0.15) is 0 Å². The lowest BCUT2D eigenvalue weighted by Crippen LogP contribution is -2.48. The maximum absolute atomic E-state index is 13.5. The fourth-order valence-corrected chi connectivity index (χ4v) is 7.77. The summed E-state index contributed by atoms with van der Waals surface area (Å²) in [5, 5.41) is 15.6. The summed E-state index contributed by atoms with van der Waals surface area (Å²) in [6.07, 6.45) is 35.1. The third-order valence-corrected chi connectivity index (χ3v) is 11.0. The maximum Gasteiger partial charge on any atom is 0.237 e. The van der Waals surface area contributed by atoms with E-state index in [1.165, 1.54) is 43.3 Å². The summed E-state index contributed by atoms with van der Waals surface area (Å²) in [6.45, 7) is 7.31. The Hall–Kier alpha value is -8.23. The predicted octanol–water partition coefficient (Wildman–Crippen LogP) is 12.0. The predicted molar refractivity (Wildman–Crippen MR) is 278 cm³/mol. The normalized spacial score (nSPS) is 15.6. The van der Waals surface area contributed by atoms with Crippen molar-refractivity contribution in [2.24, 2.45) is 15.3 Å². The molecule has 2 aromatic heterocycles. The minimum absolute atomic E-state index is 0. The van der Waals surface area contributed by atoms with Gasteiger partial charge in [-0.15, -0.1) is 25.2 Å². The third kappa shape index (κ3) is 14.4. The molecule has 0 amide bonds. The zero-order valence-corrected chi connectivity index (χ0v) is 39.7. The Morgan fingerprint density at radius 2 is 1.33 bits per heavy atom. The van der Waals surface area contributed by atoms with Gasteiger partial charge in [0.2, 0.25) is 5.72 Å². The van der Waals surface area contributed by atoms with Crippen molar-refractivity contribution in [3.05, 3.63) is 167 Å². The quantitative estimate of drug-likeness (QED) is 0.0628. The van der Waals surface area contributed by atoms with Gasteiger partial charge < -0.3 is 33.6 Å². The number of aromatic nitrogens is 4. The van der Waals surface area contributed by atoms with Crippen LogP contribution >= 0.6 is 0 Å². The van der Waals surface area contributed by atoms with Gasteiger partial charge in [-0.25, -0.2) is 18.7 Å². The SMILES string of the molecule is C.C#C.C#CC.COc1cc(/C=C/C2=NOC3(c4ccc(F)cc4)CCCCN23)ccc1-n1cnc(C)c1.COc1cc(/C=C/C=N/O)ccc1-n1cnc(C)c1.Fc1ccc(C2=NCCCC2)cc1. The molecule has 1 saturated heterocycles. The van der Waals surface area contributed by atoms with Crippen molar-refractivity contribution in [3.8, 4) is 48.1 Å². The van der Waals surface area contributed by atoms with Crippen LogP contribution in [-0.2, 0) is 10.6 Å². The molecule has 0 saturated carbocycles. The average molecular weight is 949 g/mol. The molecule has 0 bridgehead atoms. The first-order chi connectivity index (χ1) is 33.6. The molecule has 1 atom stereocenters. The number of rotatable bonds is 10. The van der Waals surface area contributed by atoms with Crippen LogP contribution in [-0.4, -0.2) is 74.3 Å². The average Bonchev–Trinajstić information content (AvgIpc) is 4.13. The number of aryl methyl sites for hydroxylation is 2. The Kier molecular flexibility index (Phi) is 21.4. The molecule has 6 aromatic rings. The summed E-state index contributed by atoms with van der Waals surface area (Å²) >= 11 is 0. The van der Waals surface area contributed by atoms with Crippen molar-refractivity contribution in [1.29, 1.82) is 0 Å². The van der Waals surface area contributed by atoms with Crippen molar-refractivity contribution >= 4 is 29.9 Å². The molecule has 14 heteroatoms. The van der Waals surface area contributed by atoms with E-state index in [4.69, 9.17) is 19.5 Å². The summed E-state index contributed by atoms with van der Waals surface area (Å²) in [7, 11) is 3.29. The van der Waals surface area contributed by atoms with Crippen LogP contribution in [0.5, 0.6) is 11.5 Å². The number of imidazole rings is 2. The number of piperidine rings is 1. The second kappa shape index (κ2) is 27.6. The Morgan fingerprint density at radius 3 is 1.83 bits per heavy atom. The number of fused-ring (bicyclic) bond motifs is 1. The highest BCUT2D eigenvalue weighted by atomic mass is 19.1. The molecule has 12 nitrogen and oxygen atoms in total. The zero-order valence-electron chi connectivity index (χ0n) is 39.7. The minimum atomic E-state index is -0.660. The van der Waals surface area contributed by atoms with Gasteiger partial charge in [0.15, 0.2) is 5.84 Å². The molecule has 70 heavy (non-hydrogen) atoms. The molecule has 0 radical (unpaired) electrons. The van der Waals surface area contributed by atoms with Gasteiger partial charge in [-0.1, -0.05) is 66.3 Å². The molecule has 3 aliphatic heterocycles. The zero-order chi connectivity index (χ0) is 49.6. The van der Waals surface area contributed by atoms with Crippen molar-refractivity contribution in [2.75, 3.05) is 27.3 Å².